The molecular formula is C25H35N3O. The van der Waals surface area contributed by atoms with E-state index in [2.05, 4.69) is 36.0 Å². The van der Waals surface area contributed by atoms with Gasteiger partial charge in [0, 0.05) is 23.7 Å². The maximum atomic E-state index is 5.59. The summed E-state index contributed by atoms with van der Waals surface area (Å²) in [6.07, 6.45) is 17.3. The molecule has 0 amide bonds. The highest BCUT2D eigenvalue weighted by Crippen LogP contribution is 2.26. The summed E-state index contributed by atoms with van der Waals surface area (Å²) in [4.78, 5) is 11.7. The summed E-state index contributed by atoms with van der Waals surface area (Å²) in [7, 11) is 1.71. The molecule has 0 atom stereocenters. The van der Waals surface area contributed by atoms with Gasteiger partial charge in [0.05, 0.1) is 18.5 Å². The van der Waals surface area contributed by atoms with Crippen molar-refractivity contribution < 1.29 is 4.74 Å². The number of aryl methyl sites for hydroxylation is 2. The van der Waals surface area contributed by atoms with Crippen molar-refractivity contribution in [2.24, 2.45) is 4.99 Å². The minimum absolute atomic E-state index is 0.809. The summed E-state index contributed by atoms with van der Waals surface area (Å²) >= 11 is 0. The van der Waals surface area contributed by atoms with E-state index >= 15 is 0 Å². The van der Waals surface area contributed by atoms with Gasteiger partial charge < -0.3 is 14.7 Å². The smallest absolute Gasteiger partial charge is 0.146 e. The lowest BCUT2D eigenvalue weighted by molar-refractivity contribution is 0.303. The molecular weight excluding hydrogens is 358 g/mol. The Kier molecular flexibility index (Phi) is 7.97. The third kappa shape index (κ3) is 5.75. The Morgan fingerprint density at radius 3 is 2.59 bits per heavy atom. The van der Waals surface area contributed by atoms with E-state index in [0.29, 0.717) is 0 Å². The van der Waals surface area contributed by atoms with E-state index in [-0.39, 0.29) is 0 Å². The molecule has 2 aromatic rings. The maximum absolute atomic E-state index is 5.59. The number of hydrogen-bond donors (Lipinski definition) is 2. The Balaban J connectivity index is 1.73. The van der Waals surface area contributed by atoms with Crippen LogP contribution in [0.5, 0.6) is 0 Å². The number of rotatable bonds is 12. The Bertz CT molecular complexity index is 853. The van der Waals surface area contributed by atoms with Crippen LogP contribution in [0.3, 0.4) is 0 Å². The standard InChI is InChI=1S/C25H35N3O/c1-4-6-7-8-9-10-13-20-16-19(12-5-2)22(27-20)17-24-25(29-3)18-23(28-24)21-14-11-15-26-21/h11,14-18,26-27H,4-10,12-13H2,1-3H3/b24-17-. The zero-order chi connectivity index (χ0) is 20.5. The third-order valence-electron chi connectivity index (χ3n) is 5.44. The first-order valence-electron chi connectivity index (χ1n) is 11.2. The number of nitrogens with zero attached hydrogens (tertiary/aromatic N) is 1. The van der Waals surface area contributed by atoms with Crippen LogP contribution in [-0.4, -0.2) is 22.8 Å². The highest BCUT2D eigenvalue weighted by molar-refractivity contribution is 6.11. The second kappa shape index (κ2) is 10.9. The number of nitrogens with one attached hydrogen (secondary N) is 2. The van der Waals surface area contributed by atoms with Gasteiger partial charge in [-0.2, -0.15) is 0 Å². The van der Waals surface area contributed by atoms with E-state index in [1.807, 2.05) is 24.4 Å². The minimum atomic E-state index is 0.809. The molecule has 4 nitrogen and oxygen atoms in total. The first-order chi connectivity index (χ1) is 14.2. The fourth-order valence-corrected chi connectivity index (χ4v) is 3.86. The number of allylic oxidation sites excluding steroid dienone is 1. The van der Waals surface area contributed by atoms with Crippen LogP contribution in [0, 0.1) is 0 Å². The summed E-state index contributed by atoms with van der Waals surface area (Å²) < 4.78 is 5.59. The van der Waals surface area contributed by atoms with Gasteiger partial charge in [-0.1, -0.05) is 52.4 Å². The van der Waals surface area contributed by atoms with Gasteiger partial charge in [0.1, 0.15) is 11.5 Å². The van der Waals surface area contributed by atoms with E-state index in [9.17, 15) is 0 Å². The van der Waals surface area contributed by atoms with Gasteiger partial charge in [-0.3, -0.25) is 0 Å². The van der Waals surface area contributed by atoms with E-state index < -0.39 is 0 Å². The molecule has 0 saturated heterocycles. The van der Waals surface area contributed by atoms with Crippen LogP contribution in [0.1, 0.15) is 81.4 Å². The quantitative estimate of drug-likeness (QED) is 0.394. The first kappa shape index (κ1) is 21.2. The minimum Gasteiger partial charge on any atom is -0.494 e. The molecule has 1 aliphatic rings. The van der Waals surface area contributed by atoms with Gasteiger partial charge in [-0.25, -0.2) is 4.99 Å². The molecule has 0 aliphatic carbocycles. The van der Waals surface area contributed by atoms with Crippen molar-refractivity contribution >= 4 is 11.8 Å². The summed E-state index contributed by atoms with van der Waals surface area (Å²) in [5, 5.41) is 0. The molecule has 0 saturated carbocycles. The van der Waals surface area contributed by atoms with E-state index in [0.717, 1.165) is 42.1 Å². The lowest BCUT2D eigenvalue weighted by Gasteiger charge is -2.03. The molecule has 2 N–H and O–H groups in total. The van der Waals surface area contributed by atoms with Crippen molar-refractivity contribution in [2.75, 3.05) is 7.11 Å². The van der Waals surface area contributed by atoms with Crippen LogP contribution in [0.4, 0.5) is 0 Å². The molecule has 3 rings (SSSR count). The monoisotopic (exact) mass is 393 g/mol. The van der Waals surface area contributed by atoms with Gasteiger partial charge in [-0.05, 0) is 49.1 Å². The topological polar surface area (TPSA) is 53.2 Å². The number of methoxy groups -OCH3 is 1. The Morgan fingerprint density at radius 2 is 1.86 bits per heavy atom. The number of aromatic nitrogens is 2. The van der Waals surface area contributed by atoms with Crippen LogP contribution < -0.4 is 0 Å². The van der Waals surface area contributed by atoms with E-state index in [4.69, 9.17) is 9.73 Å². The number of hydrogen-bond acceptors (Lipinski definition) is 2. The van der Waals surface area contributed by atoms with E-state index in [1.54, 1.807) is 7.11 Å². The van der Waals surface area contributed by atoms with Crippen molar-refractivity contribution in [3.05, 3.63) is 64.6 Å². The van der Waals surface area contributed by atoms with Crippen LogP contribution in [-0.2, 0) is 17.6 Å². The highest BCUT2D eigenvalue weighted by atomic mass is 16.5. The second-order valence-electron chi connectivity index (χ2n) is 7.82. The van der Waals surface area contributed by atoms with Crippen molar-refractivity contribution in [3.8, 4) is 0 Å². The molecule has 0 aromatic carbocycles. The molecule has 0 spiro atoms. The Morgan fingerprint density at radius 1 is 1.03 bits per heavy atom. The molecule has 156 valence electrons. The Labute approximate surface area is 175 Å². The molecule has 29 heavy (non-hydrogen) atoms. The molecule has 1 aliphatic heterocycles. The van der Waals surface area contributed by atoms with Crippen LogP contribution in [0.25, 0.3) is 6.08 Å². The molecule has 0 fully saturated rings. The van der Waals surface area contributed by atoms with Crippen LogP contribution in [0.15, 0.2) is 46.9 Å². The van der Waals surface area contributed by atoms with Crippen molar-refractivity contribution in [2.45, 2.75) is 71.6 Å². The number of unbranched alkanes of at least 4 members (excludes halogenated alkanes) is 5. The van der Waals surface area contributed by atoms with Crippen molar-refractivity contribution in [1.82, 2.24) is 9.97 Å². The lowest BCUT2D eigenvalue weighted by Crippen LogP contribution is -1.93. The zero-order valence-corrected chi connectivity index (χ0v) is 18.2. The predicted octanol–water partition coefficient (Wildman–Crippen LogP) is 6.57. The van der Waals surface area contributed by atoms with Gasteiger partial charge >= 0.3 is 0 Å². The summed E-state index contributed by atoms with van der Waals surface area (Å²) in [5.74, 6) is 0.809. The van der Waals surface area contributed by atoms with E-state index in [1.165, 1.54) is 55.5 Å². The lowest BCUT2D eigenvalue weighted by atomic mass is 10.1. The zero-order valence-electron chi connectivity index (χ0n) is 18.2. The van der Waals surface area contributed by atoms with Crippen molar-refractivity contribution in [1.29, 1.82) is 0 Å². The number of aromatic amines is 2. The van der Waals surface area contributed by atoms with Crippen LogP contribution in [0.2, 0.25) is 0 Å². The third-order valence-corrected chi connectivity index (χ3v) is 5.44. The molecule has 3 heterocycles. The molecule has 4 heteroatoms. The molecule has 2 aromatic heterocycles. The normalized spacial score (nSPS) is 15.1. The first-order valence-corrected chi connectivity index (χ1v) is 11.2. The van der Waals surface area contributed by atoms with Gasteiger partial charge in [0.2, 0.25) is 0 Å². The average Bonchev–Trinajstić information content (AvgIpc) is 3.45. The van der Waals surface area contributed by atoms with Gasteiger partial charge in [-0.15, -0.1) is 0 Å². The van der Waals surface area contributed by atoms with Gasteiger partial charge in [0.25, 0.3) is 0 Å². The largest absolute Gasteiger partial charge is 0.494 e. The number of H-pyrrole nitrogens is 2. The summed E-state index contributed by atoms with van der Waals surface area (Å²) in [6.45, 7) is 4.50. The SMILES string of the molecule is CCCCCCCCc1cc(CCC)c(/C=C2\N=C(c3ccc[nH]3)C=C2OC)[nH]1. The van der Waals surface area contributed by atoms with Crippen molar-refractivity contribution in [3.63, 3.8) is 0 Å². The summed E-state index contributed by atoms with van der Waals surface area (Å²) in [5.41, 5.74) is 6.68. The number of ether oxygens (including phenoxy) is 1. The highest BCUT2D eigenvalue weighted by Gasteiger charge is 2.18. The fourth-order valence-electron chi connectivity index (χ4n) is 3.86. The van der Waals surface area contributed by atoms with Crippen LogP contribution >= 0.6 is 0 Å². The molecule has 0 unspecified atom stereocenters. The van der Waals surface area contributed by atoms with Gasteiger partial charge in [0.15, 0.2) is 0 Å². The Hall–Kier alpha value is -2.49. The number of aliphatic imine (C=N–C) groups is 1. The second-order valence-corrected chi connectivity index (χ2v) is 7.82. The predicted molar refractivity (Wildman–Crippen MR) is 122 cm³/mol. The molecule has 0 bridgehead atoms. The fraction of sp³-hybridized carbons (Fsp3) is 0.480. The average molecular weight is 394 g/mol. The molecule has 0 radical (unpaired) electrons. The summed E-state index contributed by atoms with van der Waals surface area (Å²) in [6, 6.07) is 6.36. The maximum Gasteiger partial charge on any atom is 0.146 e.